The largest absolute Gasteiger partial charge is 0.386 e. The monoisotopic (exact) mass is 370 g/mol. The van der Waals surface area contributed by atoms with E-state index in [9.17, 15) is 13.5 Å². The van der Waals surface area contributed by atoms with Gasteiger partial charge in [0.1, 0.15) is 6.10 Å². The second-order valence-corrected chi connectivity index (χ2v) is 9.19. The predicted molar refractivity (Wildman–Crippen MR) is 71.3 cm³/mol. The zero-order valence-electron chi connectivity index (χ0n) is 8.81. The van der Waals surface area contributed by atoms with E-state index in [2.05, 4.69) is 31.9 Å². The molecule has 0 aromatic heterocycles. The fourth-order valence-corrected chi connectivity index (χ4v) is 2.22. The summed E-state index contributed by atoms with van der Waals surface area (Å²) in [6, 6.07) is 6.87. The SMILES string of the molecule is C[C@@](Br)([C@@H](O)c1ccc(Br)cc1)S(C)(=O)=O. The molecule has 6 heteroatoms. The first-order valence-corrected chi connectivity index (χ1v) is 7.96. The molecule has 1 N–H and O–H groups in total. The van der Waals surface area contributed by atoms with Crippen molar-refractivity contribution >= 4 is 41.7 Å². The summed E-state index contributed by atoms with van der Waals surface area (Å²) < 4.78 is 22.5. The van der Waals surface area contributed by atoms with Gasteiger partial charge in [-0.15, -0.1) is 0 Å². The Balaban J connectivity index is 3.12. The number of alkyl halides is 1. The zero-order chi connectivity index (χ0) is 12.6. The lowest BCUT2D eigenvalue weighted by atomic mass is 10.1. The van der Waals surface area contributed by atoms with Gasteiger partial charge in [-0.25, -0.2) is 8.42 Å². The Morgan fingerprint density at radius 3 is 2.12 bits per heavy atom. The minimum atomic E-state index is -3.40. The average molecular weight is 372 g/mol. The molecule has 2 atom stereocenters. The quantitative estimate of drug-likeness (QED) is 0.831. The Labute approximate surface area is 112 Å². The van der Waals surface area contributed by atoms with Crippen LogP contribution in [-0.4, -0.2) is 23.4 Å². The van der Waals surface area contributed by atoms with Crippen LogP contribution in [0.3, 0.4) is 0 Å². The molecule has 0 unspecified atom stereocenters. The molecule has 1 aromatic rings. The summed E-state index contributed by atoms with van der Waals surface area (Å²) in [4.78, 5) is 0. The van der Waals surface area contributed by atoms with Gasteiger partial charge in [0.05, 0.1) is 0 Å². The first-order chi connectivity index (χ1) is 7.16. The van der Waals surface area contributed by atoms with E-state index in [0.29, 0.717) is 5.56 Å². The molecule has 0 radical (unpaired) electrons. The summed E-state index contributed by atoms with van der Waals surface area (Å²) in [7, 11) is -3.40. The van der Waals surface area contributed by atoms with Crippen LogP contribution in [0.15, 0.2) is 28.7 Å². The Kier molecular flexibility index (Phi) is 4.21. The first-order valence-electron chi connectivity index (χ1n) is 4.48. The molecule has 16 heavy (non-hydrogen) atoms. The minimum Gasteiger partial charge on any atom is -0.386 e. The van der Waals surface area contributed by atoms with Crippen molar-refractivity contribution in [3.8, 4) is 0 Å². The van der Waals surface area contributed by atoms with Gasteiger partial charge in [-0.05, 0) is 24.6 Å². The number of aliphatic hydroxyl groups excluding tert-OH is 1. The Morgan fingerprint density at radius 1 is 1.31 bits per heavy atom. The molecule has 3 nitrogen and oxygen atoms in total. The summed E-state index contributed by atoms with van der Waals surface area (Å²) in [5.41, 5.74) is 0.549. The molecule has 0 aliphatic heterocycles. The lowest BCUT2D eigenvalue weighted by Crippen LogP contribution is -2.34. The maximum Gasteiger partial charge on any atom is 0.165 e. The van der Waals surface area contributed by atoms with E-state index in [1.54, 1.807) is 24.3 Å². The van der Waals surface area contributed by atoms with Crippen LogP contribution in [0.1, 0.15) is 18.6 Å². The third-order valence-electron chi connectivity index (χ3n) is 2.40. The normalized spacial score (nSPS) is 17.8. The summed E-state index contributed by atoms with van der Waals surface area (Å²) in [6.45, 7) is 1.44. The van der Waals surface area contributed by atoms with E-state index >= 15 is 0 Å². The van der Waals surface area contributed by atoms with Gasteiger partial charge >= 0.3 is 0 Å². The number of rotatable bonds is 3. The van der Waals surface area contributed by atoms with E-state index in [1.165, 1.54) is 6.92 Å². The second-order valence-electron chi connectivity index (χ2n) is 3.71. The first kappa shape index (κ1) is 14.2. The van der Waals surface area contributed by atoms with Gasteiger partial charge in [0.2, 0.25) is 0 Å². The summed E-state index contributed by atoms with van der Waals surface area (Å²) in [5.74, 6) is 0. The third kappa shape index (κ3) is 2.85. The van der Waals surface area contributed by atoms with E-state index in [-0.39, 0.29) is 0 Å². The van der Waals surface area contributed by atoms with Crippen molar-refractivity contribution in [1.29, 1.82) is 0 Å². The Bertz CT molecular complexity index is 465. The highest BCUT2D eigenvalue weighted by molar-refractivity contribution is 9.11. The maximum absolute atomic E-state index is 11.5. The molecule has 0 spiro atoms. The molecule has 0 bridgehead atoms. The van der Waals surface area contributed by atoms with Crippen molar-refractivity contribution in [2.24, 2.45) is 0 Å². The summed E-state index contributed by atoms with van der Waals surface area (Å²) in [6.07, 6.45) is -0.0281. The Hall–Kier alpha value is 0.0900. The van der Waals surface area contributed by atoms with Crippen molar-refractivity contribution < 1.29 is 13.5 Å². The van der Waals surface area contributed by atoms with Gasteiger partial charge in [-0.2, -0.15) is 0 Å². The highest BCUT2D eigenvalue weighted by Crippen LogP contribution is 2.38. The van der Waals surface area contributed by atoms with E-state index in [4.69, 9.17) is 0 Å². The van der Waals surface area contributed by atoms with Crippen LogP contribution in [0.5, 0.6) is 0 Å². The van der Waals surface area contributed by atoms with E-state index in [1.807, 2.05) is 0 Å². The topological polar surface area (TPSA) is 54.4 Å². The fraction of sp³-hybridized carbons (Fsp3) is 0.400. The summed E-state index contributed by atoms with van der Waals surface area (Å²) >= 11 is 6.35. The van der Waals surface area contributed by atoms with Crippen LogP contribution in [-0.2, 0) is 9.84 Å². The van der Waals surface area contributed by atoms with Crippen molar-refractivity contribution in [2.75, 3.05) is 6.26 Å². The highest BCUT2D eigenvalue weighted by atomic mass is 79.9. The lowest BCUT2D eigenvalue weighted by molar-refractivity contribution is 0.168. The summed E-state index contributed by atoms with van der Waals surface area (Å²) in [5, 5.41) is 10.0. The van der Waals surface area contributed by atoms with Crippen LogP contribution >= 0.6 is 31.9 Å². The molecule has 0 aliphatic carbocycles. The van der Waals surface area contributed by atoms with Crippen molar-refractivity contribution in [1.82, 2.24) is 0 Å². The molecule has 90 valence electrons. The lowest BCUT2D eigenvalue weighted by Gasteiger charge is -2.26. The number of aliphatic hydroxyl groups is 1. The molecule has 0 saturated carbocycles. The molecule has 0 amide bonds. The zero-order valence-corrected chi connectivity index (χ0v) is 12.8. The maximum atomic E-state index is 11.5. The van der Waals surface area contributed by atoms with Gasteiger partial charge < -0.3 is 5.11 Å². The van der Waals surface area contributed by atoms with Crippen molar-refractivity contribution in [3.63, 3.8) is 0 Å². The number of sulfone groups is 1. The molecular formula is C10H12Br2O3S. The molecule has 1 aromatic carbocycles. The minimum absolute atomic E-state index is 0.549. The van der Waals surface area contributed by atoms with Crippen LogP contribution in [0.4, 0.5) is 0 Å². The van der Waals surface area contributed by atoms with E-state index < -0.39 is 19.6 Å². The van der Waals surface area contributed by atoms with Gasteiger partial charge in [-0.3, -0.25) is 0 Å². The number of hydrogen-bond donors (Lipinski definition) is 1. The molecule has 0 heterocycles. The van der Waals surface area contributed by atoms with Crippen LogP contribution < -0.4 is 0 Å². The number of halogens is 2. The van der Waals surface area contributed by atoms with Gasteiger partial charge in [0.25, 0.3) is 0 Å². The number of benzene rings is 1. The van der Waals surface area contributed by atoms with Crippen LogP contribution in [0, 0.1) is 0 Å². The molecule has 0 fully saturated rings. The van der Waals surface area contributed by atoms with Gasteiger partial charge in [-0.1, -0.05) is 44.0 Å². The van der Waals surface area contributed by atoms with Crippen molar-refractivity contribution in [3.05, 3.63) is 34.3 Å². The second kappa shape index (κ2) is 4.76. The number of hydrogen-bond acceptors (Lipinski definition) is 3. The van der Waals surface area contributed by atoms with Crippen molar-refractivity contribution in [2.45, 2.75) is 16.7 Å². The third-order valence-corrected chi connectivity index (χ3v) is 6.80. The fourth-order valence-electron chi connectivity index (χ4n) is 1.15. The molecular weight excluding hydrogens is 360 g/mol. The predicted octanol–water partition coefficient (Wildman–Crippen LogP) is 2.64. The van der Waals surface area contributed by atoms with Crippen LogP contribution in [0.25, 0.3) is 0 Å². The van der Waals surface area contributed by atoms with Crippen LogP contribution in [0.2, 0.25) is 0 Å². The molecule has 0 saturated heterocycles. The highest BCUT2D eigenvalue weighted by Gasteiger charge is 2.41. The Morgan fingerprint density at radius 2 is 1.75 bits per heavy atom. The van der Waals surface area contributed by atoms with E-state index in [0.717, 1.165) is 10.7 Å². The molecule has 0 aliphatic rings. The van der Waals surface area contributed by atoms with Gasteiger partial charge in [0, 0.05) is 10.7 Å². The smallest absolute Gasteiger partial charge is 0.165 e. The molecule has 1 rings (SSSR count). The average Bonchev–Trinajstić information content (AvgIpc) is 2.16. The standard InChI is InChI=1S/C10H12Br2O3S/c1-10(12,16(2,14)15)9(13)7-3-5-8(11)6-4-7/h3-6,9,13H,1-2H3/t9-,10-/m0/s1. The van der Waals surface area contributed by atoms with Gasteiger partial charge in [0.15, 0.2) is 13.5 Å².